The fraction of sp³-hybridized carbons (Fsp3) is 0.0476. The molecule has 2 amide bonds. The lowest BCUT2D eigenvalue weighted by molar-refractivity contribution is -0.137. The van der Waals surface area contributed by atoms with Gasteiger partial charge < -0.3 is 15.7 Å². The van der Waals surface area contributed by atoms with Crippen LogP contribution in [0, 0.1) is 0 Å². The van der Waals surface area contributed by atoms with Crippen molar-refractivity contribution in [1.29, 1.82) is 0 Å². The molecule has 0 fully saturated rings. The van der Waals surface area contributed by atoms with Gasteiger partial charge in [-0.1, -0.05) is 12.1 Å². The number of nitrogens with zero attached hydrogens (tertiary/aromatic N) is 3. The summed E-state index contributed by atoms with van der Waals surface area (Å²) in [5, 5.41) is 18.4. The lowest BCUT2D eigenvalue weighted by Gasteiger charge is -2.11. The normalized spacial score (nSPS) is 11.3. The van der Waals surface area contributed by atoms with Gasteiger partial charge >= 0.3 is 18.2 Å². The molecule has 0 bridgehead atoms. The first-order valence-corrected chi connectivity index (χ1v) is 9.14. The largest absolute Gasteiger partial charge is 0.477 e. The number of hydrogen-bond acceptors (Lipinski definition) is 4. The minimum absolute atomic E-state index is 0.0444. The van der Waals surface area contributed by atoms with E-state index in [0.717, 1.165) is 24.3 Å². The number of carboxylic acids is 1. The Labute approximate surface area is 178 Å². The second-order valence-electron chi connectivity index (χ2n) is 6.66. The van der Waals surface area contributed by atoms with Crippen LogP contribution in [0.25, 0.3) is 16.9 Å². The SMILES string of the molecule is O=C(Nc1ccc(C(F)(F)F)cc1)Nc1cccc(-c2ccnc3c(C(=O)O)cnn23)c1. The number of aromatic nitrogens is 3. The van der Waals surface area contributed by atoms with E-state index >= 15 is 0 Å². The van der Waals surface area contributed by atoms with Crippen molar-refractivity contribution in [2.45, 2.75) is 6.18 Å². The molecule has 11 heteroatoms. The molecule has 0 saturated carbocycles. The average Bonchev–Trinajstić information content (AvgIpc) is 3.18. The van der Waals surface area contributed by atoms with E-state index in [0.29, 0.717) is 16.9 Å². The summed E-state index contributed by atoms with van der Waals surface area (Å²) in [6.45, 7) is 0. The van der Waals surface area contributed by atoms with Crippen LogP contribution >= 0.6 is 0 Å². The number of anilines is 2. The quantitative estimate of drug-likeness (QED) is 0.423. The highest BCUT2D eigenvalue weighted by Crippen LogP contribution is 2.30. The van der Waals surface area contributed by atoms with Crippen LogP contribution < -0.4 is 10.6 Å². The van der Waals surface area contributed by atoms with E-state index in [2.05, 4.69) is 20.7 Å². The van der Waals surface area contributed by atoms with Crippen molar-refractivity contribution < 1.29 is 27.9 Å². The van der Waals surface area contributed by atoms with E-state index in [9.17, 15) is 27.9 Å². The lowest BCUT2D eigenvalue weighted by Crippen LogP contribution is -2.19. The third kappa shape index (κ3) is 4.21. The van der Waals surface area contributed by atoms with E-state index in [1.165, 1.54) is 16.9 Å². The summed E-state index contributed by atoms with van der Waals surface area (Å²) in [5.74, 6) is -1.15. The van der Waals surface area contributed by atoms with Gasteiger partial charge in [-0.15, -0.1) is 0 Å². The van der Waals surface area contributed by atoms with Crippen LogP contribution in [0.5, 0.6) is 0 Å². The standard InChI is InChI=1S/C21H14F3N5O3/c22-21(23,24)13-4-6-14(7-5-13)27-20(32)28-15-3-1-2-12(10-15)17-8-9-25-18-16(19(30)31)11-26-29(17)18/h1-11H,(H,30,31)(H2,27,28,32). The minimum Gasteiger partial charge on any atom is -0.477 e. The highest BCUT2D eigenvalue weighted by Gasteiger charge is 2.30. The predicted octanol–water partition coefficient (Wildman–Crippen LogP) is 4.76. The van der Waals surface area contributed by atoms with Crippen molar-refractivity contribution in [3.63, 3.8) is 0 Å². The van der Waals surface area contributed by atoms with Crippen LogP contribution in [0.1, 0.15) is 15.9 Å². The molecule has 2 heterocycles. The molecule has 0 unspecified atom stereocenters. The van der Waals surface area contributed by atoms with Gasteiger partial charge in [-0.3, -0.25) is 0 Å². The van der Waals surface area contributed by atoms with Gasteiger partial charge in [-0.05, 0) is 42.5 Å². The van der Waals surface area contributed by atoms with Crippen LogP contribution in [0.4, 0.5) is 29.3 Å². The van der Waals surface area contributed by atoms with Crippen molar-refractivity contribution in [2.75, 3.05) is 10.6 Å². The number of amides is 2. The number of benzene rings is 2. The van der Waals surface area contributed by atoms with E-state index in [-0.39, 0.29) is 16.9 Å². The van der Waals surface area contributed by atoms with Crippen molar-refractivity contribution in [2.24, 2.45) is 0 Å². The number of halogens is 3. The second-order valence-corrected chi connectivity index (χ2v) is 6.66. The van der Waals surface area contributed by atoms with Gasteiger partial charge in [0.15, 0.2) is 5.65 Å². The van der Waals surface area contributed by atoms with Crippen molar-refractivity contribution in [3.05, 3.63) is 78.1 Å². The number of hydrogen-bond donors (Lipinski definition) is 3. The first-order valence-electron chi connectivity index (χ1n) is 9.14. The molecule has 32 heavy (non-hydrogen) atoms. The molecular weight excluding hydrogens is 427 g/mol. The summed E-state index contributed by atoms with van der Waals surface area (Å²) in [4.78, 5) is 27.6. The van der Waals surface area contributed by atoms with E-state index in [1.807, 2.05) is 0 Å². The maximum absolute atomic E-state index is 12.6. The number of carbonyl (C=O) groups excluding carboxylic acids is 1. The number of fused-ring (bicyclic) bond motifs is 1. The highest BCUT2D eigenvalue weighted by atomic mass is 19.4. The molecule has 4 rings (SSSR count). The molecule has 2 aromatic carbocycles. The topological polar surface area (TPSA) is 109 Å². The molecular formula is C21H14F3N5O3. The van der Waals surface area contributed by atoms with Gasteiger partial charge in [0.25, 0.3) is 0 Å². The maximum Gasteiger partial charge on any atom is 0.416 e. The molecule has 0 saturated heterocycles. The second kappa shape index (κ2) is 8.02. The maximum atomic E-state index is 12.6. The number of urea groups is 1. The lowest BCUT2D eigenvalue weighted by atomic mass is 10.1. The Morgan fingerprint density at radius 3 is 2.38 bits per heavy atom. The van der Waals surface area contributed by atoms with Gasteiger partial charge in [0, 0.05) is 23.1 Å². The first kappa shape index (κ1) is 20.8. The number of carboxylic acid groups (broad SMARTS) is 1. The molecule has 0 aliphatic carbocycles. The van der Waals surface area contributed by atoms with Gasteiger partial charge in [-0.25, -0.2) is 19.1 Å². The van der Waals surface area contributed by atoms with Gasteiger partial charge in [0.05, 0.1) is 17.5 Å². The van der Waals surface area contributed by atoms with Crippen LogP contribution in [0.15, 0.2) is 67.0 Å². The van der Waals surface area contributed by atoms with Crippen molar-refractivity contribution in [3.8, 4) is 11.3 Å². The Morgan fingerprint density at radius 1 is 0.969 bits per heavy atom. The Balaban J connectivity index is 1.53. The third-order valence-corrected chi connectivity index (χ3v) is 4.52. The van der Waals surface area contributed by atoms with Gasteiger partial charge in [0.2, 0.25) is 0 Å². The Hall–Kier alpha value is -4.41. The zero-order valence-corrected chi connectivity index (χ0v) is 16.1. The van der Waals surface area contributed by atoms with Crippen LogP contribution in [-0.4, -0.2) is 31.7 Å². The number of alkyl halides is 3. The monoisotopic (exact) mass is 441 g/mol. The van der Waals surface area contributed by atoms with Crippen molar-refractivity contribution in [1.82, 2.24) is 14.6 Å². The summed E-state index contributed by atoms with van der Waals surface area (Å²) in [6.07, 6.45) is -1.80. The zero-order valence-electron chi connectivity index (χ0n) is 16.1. The summed E-state index contributed by atoms with van der Waals surface area (Å²) < 4.78 is 39.3. The molecule has 0 atom stereocenters. The molecule has 0 radical (unpaired) electrons. The Morgan fingerprint density at radius 2 is 1.69 bits per heavy atom. The van der Waals surface area contributed by atoms with E-state index < -0.39 is 23.7 Å². The smallest absolute Gasteiger partial charge is 0.416 e. The van der Waals surface area contributed by atoms with E-state index in [1.54, 1.807) is 30.3 Å². The number of nitrogens with one attached hydrogen (secondary N) is 2. The molecule has 8 nitrogen and oxygen atoms in total. The third-order valence-electron chi connectivity index (χ3n) is 4.52. The van der Waals surface area contributed by atoms with Crippen LogP contribution in [-0.2, 0) is 6.18 Å². The molecule has 0 spiro atoms. The van der Waals surface area contributed by atoms with Gasteiger partial charge in [0.1, 0.15) is 5.56 Å². The number of carbonyl (C=O) groups is 2. The molecule has 0 aliphatic rings. The molecule has 0 aliphatic heterocycles. The molecule has 2 aromatic heterocycles. The fourth-order valence-electron chi connectivity index (χ4n) is 3.05. The summed E-state index contributed by atoms with van der Waals surface area (Å²) in [7, 11) is 0. The molecule has 4 aromatic rings. The van der Waals surface area contributed by atoms with Crippen LogP contribution in [0.3, 0.4) is 0 Å². The average molecular weight is 441 g/mol. The fourth-order valence-corrected chi connectivity index (χ4v) is 3.05. The first-order chi connectivity index (χ1) is 15.2. The number of aromatic carboxylic acids is 1. The molecule has 162 valence electrons. The predicted molar refractivity (Wildman–Crippen MR) is 109 cm³/mol. The van der Waals surface area contributed by atoms with E-state index in [4.69, 9.17) is 0 Å². The summed E-state index contributed by atoms with van der Waals surface area (Å²) >= 11 is 0. The Bertz CT molecular complexity index is 1320. The molecule has 3 N–H and O–H groups in total. The van der Waals surface area contributed by atoms with Gasteiger partial charge in [-0.2, -0.15) is 18.3 Å². The summed E-state index contributed by atoms with van der Waals surface area (Å²) in [5.41, 5.74) is 1.09. The zero-order chi connectivity index (χ0) is 22.9. The van der Waals surface area contributed by atoms with Crippen molar-refractivity contribution >= 4 is 29.0 Å². The highest BCUT2D eigenvalue weighted by molar-refractivity contribution is 6.00. The van der Waals surface area contributed by atoms with Crippen LogP contribution in [0.2, 0.25) is 0 Å². The summed E-state index contributed by atoms with van der Waals surface area (Å²) in [6, 6.07) is 11.8. The minimum atomic E-state index is -4.46. The Kier molecular flexibility index (Phi) is 5.23. The number of rotatable bonds is 4.